The van der Waals surface area contributed by atoms with Crippen molar-refractivity contribution in [1.82, 2.24) is 10.2 Å². The van der Waals surface area contributed by atoms with Gasteiger partial charge >= 0.3 is 6.09 Å². The topological polar surface area (TPSA) is 138 Å². The van der Waals surface area contributed by atoms with Crippen LogP contribution in [0, 0.1) is 0 Å². The van der Waals surface area contributed by atoms with E-state index in [1.54, 1.807) is 81.3 Å². The summed E-state index contributed by atoms with van der Waals surface area (Å²) in [6.45, 7) is 7.96. The molecule has 1 aliphatic rings. The van der Waals surface area contributed by atoms with Crippen molar-refractivity contribution in [3.63, 3.8) is 0 Å². The van der Waals surface area contributed by atoms with E-state index in [1.807, 2.05) is 36.4 Å². The maximum absolute atomic E-state index is 14.7. The van der Waals surface area contributed by atoms with Gasteiger partial charge in [-0.05, 0) is 80.9 Å². The molecule has 1 aliphatic heterocycles. The van der Waals surface area contributed by atoms with Crippen LogP contribution in [0.25, 0.3) is 10.8 Å². The van der Waals surface area contributed by atoms with Crippen LogP contribution in [0.3, 0.4) is 0 Å². The van der Waals surface area contributed by atoms with Crippen molar-refractivity contribution in [1.29, 1.82) is 0 Å². The molecule has 51 heavy (non-hydrogen) atoms. The second-order valence-corrected chi connectivity index (χ2v) is 13.4. The Morgan fingerprint density at radius 3 is 2.22 bits per heavy atom. The van der Waals surface area contributed by atoms with E-state index in [1.165, 1.54) is 25.8 Å². The number of nitrogens with one attached hydrogen (secondary N) is 2. The van der Waals surface area contributed by atoms with Gasteiger partial charge in [-0.2, -0.15) is 0 Å². The fourth-order valence-corrected chi connectivity index (χ4v) is 5.89. The van der Waals surface area contributed by atoms with Crippen molar-refractivity contribution in [3.8, 4) is 5.75 Å². The number of hydrogen-bond acceptors (Lipinski definition) is 7. The minimum absolute atomic E-state index is 0.0630. The number of likely N-dealkylation sites (N-methyl/N-ethyl adjacent to an activating group) is 1. The maximum Gasteiger partial charge on any atom is 0.410 e. The quantitative estimate of drug-likeness (QED) is 0.240. The Hall–Kier alpha value is -5.91. The molecule has 0 saturated heterocycles. The van der Waals surface area contributed by atoms with Gasteiger partial charge in [0.1, 0.15) is 23.4 Å². The summed E-state index contributed by atoms with van der Waals surface area (Å²) in [6, 6.07) is 22.8. The summed E-state index contributed by atoms with van der Waals surface area (Å²) in [5.41, 5.74) is 1.70. The minimum Gasteiger partial charge on any atom is -0.496 e. The van der Waals surface area contributed by atoms with Gasteiger partial charge in [0, 0.05) is 30.8 Å². The lowest BCUT2D eigenvalue weighted by molar-refractivity contribution is -0.130. The maximum atomic E-state index is 14.7. The van der Waals surface area contributed by atoms with Crippen molar-refractivity contribution in [2.45, 2.75) is 58.8 Å². The number of rotatable bonds is 8. The molecular formula is C39H43N5O7. The fraction of sp³-hybridized carbons (Fsp3) is 0.308. The molecule has 0 aromatic heterocycles. The largest absolute Gasteiger partial charge is 0.496 e. The Bertz CT molecular complexity index is 1970. The number of ether oxygens (including phenoxy) is 2. The number of carbonyl (C=O) groups is 5. The van der Waals surface area contributed by atoms with Crippen LogP contribution in [0.1, 0.15) is 50.5 Å². The van der Waals surface area contributed by atoms with Gasteiger partial charge in [0.15, 0.2) is 0 Å². The van der Waals surface area contributed by atoms with Crippen LogP contribution < -0.4 is 25.2 Å². The van der Waals surface area contributed by atoms with Crippen LogP contribution in [0.5, 0.6) is 5.75 Å². The lowest BCUT2D eigenvalue weighted by Crippen LogP contribution is -2.57. The summed E-state index contributed by atoms with van der Waals surface area (Å²) >= 11 is 0. The van der Waals surface area contributed by atoms with E-state index in [-0.39, 0.29) is 19.0 Å². The standard InChI is InChI=1S/C39H43N5O7/c1-24(42(6)38(49)51-39(3,4)5)35(46)41-31-23-44(36(47)27-16-19-28(20-17-27)40-25(2)45)33-15-11-10-14-32(33)43(37(31)48)22-30-29-13-9-8-12-26(29)18-21-34(30)50-7/h8-21,24,31H,22-23H2,1-7H3,(H,40,45)(H,41,46)/t24?,31-/m0/s1. The first-order valence-corrected chi connectivity index (χ1v) is 16.6. The molecule has 266 valence electrons. The van der Waals surface area contributed by atoms with Crippen LogP contribution in [0.15, 0.2) is 84.9 Å². The Morgan fingerprint density at radius 2 is 1.57 bits per heavy atom. The Labute approximate surface area is 297 Å². The fourth-order valence-electron chi connectivity index (χ4n) is 5.89. The first kappa shape index (κ1) is 36.4. The smallest absolute Gasteiger partial charge is 0.410 e. The van der Waals surface area contributed by atoms with Crippen molar-refractivity contribution in [2.24, 2.45) is 0 Å². The summed E-state index contributed by atoms with van der Waals surface area (Å²) in [4.78, 5) is 71.4. The first-order chi connectivity index (χ1) is 24.2. The third-order valence-electron chi connectivity index (χ3n) is 8.58. The number of methoxy groups -OCH3 is 1. The molecule has 0 fully saturated rings. The zero-order valence-electron chi connectivity index (χ0n) is 29.9. The monoisotopic (exact) mass is 693 g/mol. The molecule has 5 amide bonds. The zero-order valence-corrected chi connectivity index (χ0v) is 29.9. The third kappa shape index (κ3) is 8.12. The van der Waals surface area contributed by atoms with Crippen LogP contribution in [0.2, 0.25) is 0 Å². The Morgan fingerprint density at radius 1 is 0.922 bits per heavy atom. The van der Waals surface area contributed by atoms with Crippen LogP contribution >= 0.6 is 0 Å². The number of amides is 5. The number of carbonyl (C=O) groups excluding carboxylic acids is 5. The number of nitrogens with zero attached hydrogens (tertiary/aromatic N) is 3. The Kier molecular flexibility index (Phi) is 10.6. The van der Waals surface area contributed by atoms with E-state index in [4.69, 9.17) is 9.47 Å². The predicted octanol–water partition coefficient (Wildman–Crippen LogP) is 5.74. The molecular weight excluding hydrogens is 650 g/mol. The highest BCUT2D eigenvalue weighted by Gasteiger charge is 2.39. The SMILES string of the molecule is COc1ccc2ccccc2c1CN1C(=O)[C@@H](NC(=O)C(C)N(C)C(=O)OC(C)(C)C)CN(C(=O)c2ccc(NC(C)=O)cc2)c2ccccc21. The lowest BCUT2D eigenvalue weighted by atomic mass is 10.0. The Balaban J connectivity index is 1.57. The molecule has 0 bridgehead atoms. The molecule has 5 rings (SSSR count). The first-order valence-electron chi connectivity index (χ1n) is 16.6. The van der Waals surface area contributed by atoms with Gasteiger partial charge in [-0.15, -0.1) is 0 Å². The highest BCUT2D eigenvalue weighted by atomic mass is 16.6. The number of anilines is 3. The second kappa shape index (κ2) is 14.9. The second-order valence-electron chi connectivity index (χ2n) is 13.4. The summed E-state index contributed by atoms with van der Waals surface area (Å²) in [7, 11) is 3.01. The lowest BCUT2D eigenvalue weighted by Gasteiger charge is -2.30. The van der Waals surface area contributed by atoms with Crippen molar-refractivity contribution in [2.75, 3.05) is 35.8 Å². The number of benzene rings is 4. The van der Waals surface area contributed by atoms with Gasteiger partial charge in [0.25, 0.3) is 11.8 Å². The van der Waals surface area contributed by atoms with Crippen LogP contribution in [0.4, 0.5) is 21.9 Å². The molecule has 1 unspecified atom stereocenters. The van der Waals surface area contributed by atoms with Crippen molar-refractivity contribution in [3.05, 3.63) is 96.1 Å². The van der Waals surface area contributed by atoms with E-state index >= 15 is 0 Å². The summed E-state index contributed by atoms with van der Waals surface area (Å²) in [6.07, 6.45) is -0.700. The van der Waals surface area contributed by atoms with Crippen LogP contribution in [-0.4, -0.2) is 73.0 Å². The molecule has 12 heteroatoms. The van der Waals surface area contributed by atoms with Gasteiger partial charge in [-0.25, -0.2) is 4.79 Å². The molecule has 2 atom stereocenters. The molecule has 0 aliphatic carbocycles. The zero-order chi connectivity index (χ0) is 37.0. The van der Waals surface area contributed by atoms with E-state index in [9.17, 15) is 24.0 Å². The molecule has 0 radical (unpaired) electrons. The average Bonchev–Trinajstić information content (AvgIpc) is 3.20. The molecule has 0 saturated carbocycles. The van der Waals surface area contributed by atoms with Crippen LogP contribution in [-0.2, 0) is 25.7 Å². The highest BCUT2D eigenvalue weighted by Crippen LogP contribution is 2.37. The highest BCUT2D eigenvalue weighted by molar-refractivity contribution is 6.13. The average molecular weight is 694 g/mol. The number of hydrogen-bond donors (Lipinski definition) is 2. The van der Waals surface area contributed by atoms with E-state index in [2.05, 4.69) is 10.6 Å². The molecule has 2 N–H and O–H groups in total. The van der Waals surface area contributed by atoms with E-state index < -0.39 is 41.5 Å². The summed E-state index contributed by atoms with van der Waals surface area (Å²) in [5.74, 6) is -1.17. The van der Waals surface area contributed by atoms with Gasteiger partial charge in [-0.1, -0.05) is 42.5 Å². The molecule has 12 nitrogen and oxygen atoms in total. The molecule has 4 aromatic carbocycles. The summed E-state index contributed by atoms with van der Waals surface area (Å²) in [5, 5.41) is 7.36. The van der Waals surface area contributed by atoms with Gasteiger partial charge < -0.3 is 29.9 Å². The minimum atomic E-state index is -1.22. The summed E-state index contributed by atoms with van der Waals surface area (Å²) < 4.78 is 11.2. The van der Waals surface area contributed by atoms with E-state index in [0.717, 1.165) is 21.2 Å². The number of para-hydroxylation sites is 2. The van der Waals surface area contributed by atoms with E-state index in [0.29, 0.717) is 28.4 Å². The third-order valence-corrected chi connectivity index (χ3v) is 8.58. The normalized spacial score (nSPS) is 15.0. The van der Waals surface area contributed by atoms with Gasteiger partial charge in [0.2, 0.25) is 11.8 Å². The van der Waals surface area contributed by atoms with Gasteiger partial charge in [-0.3, -0.25) is 24.1 Å². The predicted molar refractivity (Wildman–Crippen MR) is 196 cm³/mol. The van der Waals surface area contributed by atoms with Gasteiger partial charge in [0.05, 0.1) is 31.6 Å². The molecule has 1 heterocycles. The van der Waals surface area contributed by atoms with Crippen molar-refractivity contribution >= 4 is 57.6 Å². The van der Waals surface area contributed by atoms with Crippen molar-refractivity contribution < 1.29 is 33.4 Å². The number of fused-ring (bicyclic) bond motifs is 2. The molecule has 4 aromatic rings. The molecule has 0 spiro atoms.